The first kappa shape index (κ1) is 14.2. The number of ether oxygens (including phenoxy) is 1. The first-order chi connectivity index (χ1) is 10.3. The van der Waals surface area contributed by atoms with Crippen LogP contribution >= 0.6 is 0 Å². The Morgan fingerprint density at radius 2 is 1.71 bits per heavy atom. The van der Waals surface area contributed by atoms with Gasteiger partial charge in [-0.25, -0.2) is 0 Å². The fourth-order valence-corrected chi connectivity index (χ4v) is 2.87. The summed E-state index contributed by atoms with van der Waals surface area (Å²) < 4.78 is 5.68. The molecular formula is C19H22O2. The van der Waals surface area contributed by atoms with Crippen LogP contribution < -0.4 is 4.74 Å². The maximum atomic E-state index is 10.5. The van der Waals surface area contributed by atoms with Crippen molar-refractivity contribution in [2.75, 3.05) is 6.61 Å². The van der Waals surface area contributed by atoms with Gasteiger partial charge in [0.15, 0.2) is 0 Å². The van der Waals surface area contributed by atoms with Crippen LogP contribution in [0.3, 0.4) is 0 Å². The third-order valence-corrected chi connectivity index (χ3v) is 4.30. The van der Waals surface area contributed by atoms with Crippen molar-refractivity contribution in [2.24, 2.45) is 0 Å². The summed E-state index contributed by atoms with van der Waals surface area (Å²) in [5, 5.41) is 10.5. The summed E-state index contributed by atoms with van der Waals surface area (Å²) in [5.74, 6) is 1.50. The number of hydrogen-bond acceptors (Lipinski definition) is 2. The molecule has 2 heteroatoms. The molecule has 3 rings (SSSR count). The maximum Gasteiger partial charge on any atom is 0.119 e. The topological polar surface area (TPSA) is 29.5 Å². The normalized spacial score (nSPS) is 16.2. The van der Waals surface area contributed by atoms with E-state index in [1.807, 2.05) is 36.4 Å². The van der Waals surface area contributed by atoms with Crippen LogP contribution in [-0.2, 0) is 0 Å². The lowest BCUT2D eigenvalue weighted by Crippen LogP contribution is -2.14. The molecule has 2 nitrogen and oxygen atoms in total. The van der Waals surface area contributed by atoms with Gasteiger partial charge in [0, 0.05) is 6.42 Å². The maximum absolute atomic E-state index is 10.5. The van der Waals surface area contributed by atoms with Gasteiger partial charge in [-0.3, -0.25) is 0 Å². The Morgan fingerprint density at radius 3 is 2.43 bits per heavy atom. The highest BCUT2D eigenvalue weighted by molar-refractivity contribution is 5.33. The molecule has 0 spiro atoms. The van der Waals surface area contributed by atoms with E-state index in [2.05, 4.69) is 18.2 Å². The second-order valence-corrected chi connectivity index (χ2v) is 5.72. The van der Waals surface area contributed by atoms with Crippen molar-refractivity contribution < 1.29 is 9.84 Å². The summed E-state index contributed by atoms with van der Waals surface area (Å²) in [5.41, 5.74) is 2.41. The second kappa shape index (κ2) is 6.77. The van der Waals surface area contributed by atoms with Crippen molar-refractivity contribution >= 4 is 0 Å². The van der Waals surface area contributed by atoms with Gasteiger partial charge in [0.2, 0.25) is 0 Å². The standard InChI is InChI=1S/C19H22O2/c20-19(13-14-21-16-9-2-1-3-10-16)18-12-5-4-11-17(18)15-7-6-8-15/h1-5,9-12,15,19-20H,6-8,13-14H2. The zero-order chi connectivity index (χ0) is 14.5. The number of benzene rings is 2. The third kappa shape index (κ3) is 3.45. The summed E-state index contributed by atoms with van der Waals surface area (Å²) in [7, 11) is 0. The Kier molecular flexibility index (Phi) is 4.56. The van der Waals surface area contributed by atoms with Crippen molar-refractivity contribution in [3.05, 3.63) is 65.7 Å². The SMILES string of the molecule is OC(CCOc1ccccc1)c1ccccc1C1CCC1. The van der Waals surface area contributed by atoms with Crippen LogP contribution in [0.15, 0.2) is 54.6 Å². The highest BCUT2D eigenvalue weighted by atomic mass is 16.5. The Balaban J connectivity index is 1.59. The average molecular weight is 282 g/mol. The molecule has 1 unspecified atom stereocenters. The van der Waals surface area contributed by atoms with E-state index in [1.54, 1.807) is 0 Å². The van der Waals surface area contributed by atoms with E-state index in [-0.39, 0.29) is 0 Å². The van der Waals surface area contributed by atoms with Crippen LogP contribution in [0.5, 0.6) is 5.75 Å². The van der Waals surface area contributed by atoms with E-state index < -0.39 is 6.10 Å². The lowest BCUT2D eigenvalue weighted by Gasteiger charge is -2.29. The molecule has 21 heavy (non-hydrogen) atoms. The second-order valence-electron chi connectivity index (χ2n) is 5.72. The van der Waals surface area contributed by atoms with Crippen molar-refractivity contribution in [1.82, 2.24) is 0 Å². The molecule has 1 aliphatic carbocycles. The summed E-state index contributed by atoms with van der Waals surface area (Å²) >= 11 is 0. The molecule has 0 radical (unpaired) electrons. The summed E-state index contributed by atoms with van der Waals surface area (Å²) in [4.78, 5) is 0. The molecule has 110 valence electrons. The lowest BCUT2D eigenvalue weighted by molar-refractivity contribution is 0.139. The van der Waals surface area contributed by atoms with Gasteiger partial charge in [0.1, 0.15) is 5.75 Å². The zero-order valence-corrected chi connectivity index (χ0v) is 12.2. The monoisotopic (exact) mass is 282 g/mol. The highest BCUT2D eigenvalue weighted by Crippen LogP contribution is 2.39. The van der Waals surface area contributed by atoms with E-state index in [0.717, 1.165) is 11.3 Å². The van der Waals surface area contributed by atoms with Crippen LogP contribution in [0.25, 0.3) is 0 Å². The highest BCUT2D eigenvalue weighted by Gasteiger charge is 2.24. The van der Waals surface area contributed by atoms with Crippen LogP contribution in [0.1, 0.15) is 48.8 Å². The Labute approximate surface area is 126 Å². The first-order valence-electron chi connectivity index (χ1n) is 7.79. The first-order valence-corrected chi connectivity index (χ1v) is 7.79. The summed E-state index contributed by atoms with van der Waals surface area (Å²) in [6.45, 7) is 0.532. The molecule has 1 N–H and O–H groups in total. The van der Waals surface area contributed by atoms with Gasteiger partial charge in [-0.2, -0.15) is 0 Å². The Morgan fingerprint density at radius 1 is 1.00 bits per heavy atom. The van der Waals surface area contributed by atoms with Gasteiger partial charge < -0.3 is 9.84 Å². The molecular weight excluding hydrogens is 260 g/mol. The molecule has 1 atom stereocenters. The Hall–Kier alpha value is -1.80. The summed E-state index contributed by atoms with van der Waals surface area (Å²) in [6.07, 6.45) is 4.00. The smallest absolute Gasteiger partial charge is 0.119 e. The fourth-order valence-electron chi connectivity index (χ4n) is 2.87. The van der Waals surface area contributed by atoms with Crippen LogP contribution in [-0.4, -0.2) is 11.7 Å². The number of rotatable bonds is 6. The largest absolute Gasteiger partial charge is 0.493 e. The third-order valence-electron chi connectivity index (χ3n) is 4.30. The molecule has 0 aromatic heterocycles. The molecule has 2 aromatic rings. The molecule has 0 heterocycles. The molecule has 1 fully saturated rings. The molecule has 0 amide bonds. The molecule has 1 aliphatic rings. The van der Waals surface area contributed by atoms with Crippen molar-refractivity contribution in [3.63, 3.8) is 0 Å². The number of aliphatic hydroxyl groups is 1. The fraction of sp³-hybridized carbons (Fsp3) is 0.368. The Bertz CT molecular complexity index is 561. The van der Waals surface area contributed by atoms with E-state index in [9.17, 15) is 5.11 Å². The van der Waals surface area contributed by atoms with Crippen LogP contribution in [0.4, 0.5) is 0 Å². The minimum absolute atomic E-state index is 0.439. The van der Waals surface area contributed by atoms with Gasteiger partial charge in [0.05, 0.1) is 12.7 Å². The van der Waals surface area contributed by atoms with Gasteiger partial charge in [0.25, 0.3) is 0 Å². The van der Waals surface area contributed by atoms with E-state index in [1.165, 1.54) is 24.8 Å². The summed E-state index contributed by atoms with van der Waals surface area (Å²) in [6, 6.07) is 18.1. The molecule has 0 bridgehead atoms. The molecule has 2 aromatic carbocycles. The van der Waals surface area contributed by atoms with Gasteiger partial charge >= 0.3 is 0 Å². The zero-order valence-electron chi connectivity index (χ0n) is 12.2. The molecule has 1 saturated carbocycles. The predicted octanol–water partition coefficient (Wildman–Crippen LogP) is 4.46. The minimum Gasteiger partial charge on any atom is -0.493 e. The van der Waals surface area contributed by atoms with Crippen molar-refractivity contribution in [2.45, 2.75) is 37.7 Å². The molecule has 0 aliphatic heterocycles. The van der Waals surface area contributed by atoms with Crippen molar-refractivity contribution in [3.8, 4) is 5.75 Å². The van der Waals surface area contributed by atoms with E-state index in [4.69, 9.17) is 4.74 Å². The quantitative estimate of drug-likeness (QED) is 0.847. The number of hydrogen-bond donors (Lipinski definition) is 1. The minimum atomic E-state index is -0.439. The van der Waals surface area contributed by atoms with E-state index in [0.29, 0.717) is 18.9 Å². The van der Waals surface area contributed by atoms with Gasteiger partial charge in [-0.05, 0) is 42.0 Å². The molecule has 0 saturated heterocycles. The van der Waals surface area contributed by atoms with Crippen molar-refractivity contribution in [1.29, 1.82) is 0 Å². The number of para-hydroxylation sites is 1. The van der Waals surface area contributed by atoms with E-state index >= 15 is 0 Å². The lowest BCUT2D eigenvalue weighted by atomic mass is 9.77. The predicted molar refractivity (Wildman–Crippen MR) is 84.5 cm³/mol. The number of aliphatic hydroxyl groups excluding tert-OH is 1. The van der Waals surface area contributed by atoms with Crippen LogP contribution in [0, 0.1) is 0 Å². The van der Waals surface area contributed by atoms with Gasteiger partial charge in [-0.15, -0.1) is 0 Å². The van der Waals surface area contributed by atoms with Crippen LogP contribution in [0.2, 0.25) is 0 Å². The average Bonchev–Trinajstić information content (AvgIpc) is 2.47. The van der Waals surface area contributed by atoms with Gasteiger partial charge in [-0.1, -0.05) is 48.9 Å².